The summed E-state index contributed by atoms with van der Waals surface area (Å²) in [6.45, 7) is 0. The standard InChI is InChI=1S/C2H6S3.C2H6S2.C2H6S/c1-3-5-4-2;1-3-4-2;1-3-2/h1-2H3;1-2H3;1-2H3. The number of hydrogen-bond donors (Lipinski definition) is 0. The zero-order chi connectivity index (χ0) is 10.2. The molecule has 0 fully saturated rings. The van der Waals surface area contributed by atoms with Gasteiger partial charge in [0.15, 0.2) is 0 Å². The Hall–Kier alpha value is 2.10. The molecule has 0 bridgehead atoms. The maximum absolute atomic E-state index is 2.07. The van der Waals surface area contributed by atoms with Gasteiger partial charge in [0.2, 0.25) is 0 Å². The molecule has 0 N–H and O–H groups in total. The summed E-state index contributed by atoms with van der Waals surface area (Å²) in [4.78, 5) is 0. The van der Waals surface area contributed by atoms with Crippen molar-refractivity contribution in [3.63, 3.8) is 0 Å². The lowest BCUT2D eigenvalue weighted by Crippen LogP contribution is -1.30. The van der Waals surface area contributed by atoms with Crippen LogP contribution in [0.5, 0.6) is 0 Å². The molecule has 0 unspecified atom stereocenters. The molecule has 0 aromatic heterocycles. The Bertz CT molecular complexity index is 39.0. The Balaban J connectivity index is -0.000000105. The molecular weight excluding hydrogens is 264 g/mol. The normalized spacial score (nSPS) is 7.50. The van der Waals surface area contributed by atoms with Crippen molar-refractivity contribution in [3.05, 3.63) is 0 Å². The Morgan fingerprint density at radius 3 is 0.750 bits per heavy atom. The van der Waals surface area contributed by atoms with Crippen LogP contribution in [0.25, 0.3) is 0 Å². The van der Waals surface area contributed by atoms with Crippen molar-refractivity contribution in [2.45, 2.75) is 0 Å². The van der Waals surface area contributed by atoms with Crippen molar-refractivity contribution >= 4 is 64.8 Å². The van der Waals surface area contributed by atoms with E-state index < -0.39 is 0 Å². The van der Waals surface area contributed by atoms with Gasteiger partial charge in [0.1, 0.15) is 0 Å². The molecule has 0 aromatic rings. The highest BCUT2D eigenvalue weighted by atomic mass is 33.5. The number of hydrogen-bond acceptors (Lipinski definition) is 6. The second-order valence-corrected chi connectivity index (χ2v) is 9.06. The van der Waals surface area contributed by atoms with Gasteiger partial charge in [0.25, 0.3) is 0 Å². The highest BCUT2D eigenvalue weighted by Gasteiger charge is 1.68. The van der Waals surface area contributed by atoms with Crippen LogP contribution in [-0.4, -0.2) is 37.5 Å². The highest BCUT2D eigenvalue weighted by molar-refractivity contribution is 9.09. The van der Waals surface area contributed by atoms with Crippen LogP contribution in [0.1, 0.15) is 0 Å². The molecule has 0 amide bonds. The molecule has 0 aliphatic rings. The number of rotatable bonds is 3. The zero-order valence-corrected chi connectivity index (χ0v) is 13.3. The lowest BCUT2D eigenvalue weighted by Gasteiger charge is -1.78. The molecule has 0 rings (SSSR count). The van der Waals surface area contributed by atoms with Crippen LogP contribution in [0.4, 0.5) is 0 Å². The second kappa shape index (κ2) is 29.2. The largest absolute Gasteiger partial charge is 0.169 e. The van der Waals surface area contributed by atoms with Crippen LogP contribution >= 0.6 is 64.8 Å². The van der Waals surface area contributed by atoms with Gasteiger partial charge in [-0.2, -0.15) is 11.8 Å². The van der Waals surface area contributed by atoms with E-state index in [0.29, 0.717) is 0 Å². The van der Waals surface area contributed by atoms with E-state index in [9.17, 15) is 0 Å². The third-order valence-electron chi connectivity index (χ3n) is 0.303. The van der Waals surface area contributed by atoms with Gasteiger partial charge in [0.05, 0.1) is 0 Å². The van der Waals surface area contributed by atoms with Crippen molar-refractivity contribution in [2.24, 2.45) is 0 Å². The maximum Gasteiger partial charge on any atom is -0.00709 e. The quantitative estimate of drug-likeness (QED) is 0.672. The van der Waals surface area contributed by atoms with Gasteiger partial charge in [0, 0.05) is 0 Å². The fraction of sp³-hybridized carbons (Fsp3) is 1.00. The third-order valence-corrected chi connectivity index (χ3v) is 5.17. The highest BCUT2D eigenvalue weighted by Crippen LogP contribution is 2.28. The van der Waals surface area contributed by atoms with E-state index in [1.54, 1.807) is 64.8 Å². The Morgan fingerprint density at radius 2 is 0.750 bits per heavy atom. The summed E-state index contributed by atoms with van der Waals surface area (Å²) in [5, 5.41) is 0. The minimum atomic E-state index is 1.75. The minimum absolute atomic E-state index is 1.75. The van der Waals surface area contributed by atoms with Crippen molar-refractivity contribution < 1.29 is 0 Å². The Morgan fingerprint density at radius 1 is 0.500 bits per heavy atom. The summed E-state index contributed by atoms with van der Waals surface area (Å²) in [7, 11) is 8.91. The summed E-state index contributed by atoms with van der Waals surface area (Å²) in [6, 6.07) is 0. The molecule has 0 spiro atoms. The van der Waals surface area contributed by atoms with Gasteiger partial charge in [-0.05, 0) is 47.4 Å². The predicted molar refractivity (Wildman–Crippen MR) is 81.1 cm³/mol. The van der Waals surface area contributed by atoms with Gasteiger partial charge < -0.3 is 0 Å². The smallest absolute Gasteiger partial charge is 0.00709 e. The van der Waals surface area contributed by atoms with Crippen molar-refractivity contribution in [1.29, 1.82) is 0 Å². The first-order valence-electron chi connectivity index (χ1n) is 2.95. The first-order chi connectivity index (χ1) is 5.74. The molecule has 12 heavy (non-hydrogen) atoms. The predicted octanol–water partition coefficient (Wildman–Crippen LogP) is 4.88. The molecule has 78 valence electrons. The molecule has 6 heteroatoms. The number of thioether (sulfide) groups is 1. The molecule has 0 atom stereocenters. The van der Waals surface area contributed by atoms with E-state index in [1.807, 2.05) is 12.5 Å². The topological polar surface area (TPSA) is 0 Å². The lowest BCUT2D eigenvalue weighted by atomic mass is 11.9. The van der Waals surface area contributed by atoms with Crippen molar-refractivity contribution in [2.75, 3.05) is 37.5 Å². The summed E-state index contributed by atoms with van der Waals surface area (Å²) >= 11 is 1.75. The third kappa shape index (κ3) is 57.3. The Kier molecular flexibility index (Phi) is 47.8. The van der Waals surface area contributed by atoms with E-state index in [-0.39, 0.29) is 0 Å². The van der Waals surface area contributed by atoms with Crippen LogP contribution in [0.3, 0.4) is 0 Å². The maximum atomic E-state index is 2.07. The monoisotopic (exact) mass is 282 g/mol. The van der Waals surface area contributed by atoms with E-state index in [2.05, 4.69) is 25.0 Å². The molecular formula is C6H18S6. The van der Waals surface area contributed by atoms with Gasteiger partial charge in [-0.25, -0.2) is 0 Å². The van der Waals surface area contributed by atoms with Gasteiger partial charge in [-0.3, -0.25) is 0 Å². The molecule has 0 radical (unpaired) electrons. The summed E-state index contributed by atoms with van der Waals surface area (Å²) in [5.41, 5.74) is 0. The van der Waals surface area contributed by atoms with Crippen LogP contribution in [0.15, 0.2) is 0 Å². The van der Waals surface area contributed by atoms with E-state index in [4.69, 9.17) is 0 Å². The minimum Gasteiger partial charge on any atom is -0.169 e. The molecule has 0 saturated carbocycles. The first kappa shape index (κ1) is 19.6. The van der Waals surface area contributed by atoms with E-state index in [1.165, 1.54) is 0 Å². The van der Waals surface area contributed by atoms with Crippen LogP contribution in [-0.2, 0) is 0 Å². The van der Waals surface area contributed by atoms with E-state index >= 15 is 0 Å². The zero-order valence-electron chi connectivity index (χ0n) is 8.45. The molecule has 0 nitrogen and oxygen atoms in total. The van der Waals surface area contributed by atoms with Crippen LogP contribution in [0.2, 0.25) is 0 Å². The summed E-state index contributed by atoms with van der Waals surface area (Å²) in [6.07, 6.45) is 12.3. The van der Waals surface area contributed by atoms with Crippen molar-refractivity contribution in [1.82, 2.24) is 0 Å². The van der Waals surface area contributed by atoms with E-state index in [0.717, 1.165) is 0 Å². The van der Waals surface area contributed by atoms with Crippen molar-refractivity contribution in [3.8, 4) is 0 Å². The summed E-state index contributed by atoms with van der Waals surface area (Å²) < 4.78 is 0. The average Bonchev–Trinajstić information content (AvgIpc) is 2.08. The van der Waals surface area contributed by atoms with Crippen LogP contribution in [0, 0.1) is 0 Å². The fourth-order valence-electron chi connectivity index (χ4n) is 0.0680. The molecule has 0 heterocycles. The molecule has 0 aromatic carbocycles. The second-order valence-electron chi connectivity index (χ2n) is 1.14. The average molecular weight is 283 g/mol. The molecule has 0 aliphatic heterocycles. The Labute approximate surface area is 102 Å². The lowest BCUT2D eigenvalue weighted by molar-refractivity contribution is 2.37. The van der Waals surface area contributed by atoms with Gasteiger partial charge in [-0.15, -0.1) is 0 Å². The summed E-state index contributed by atoms with van der Waals surface area (Å²) in [5.74, 6) is 0. The van der Waals surface area contributed by atoms with Gasteiger partial charge in [-0.1, -0.05) is 43.2 Å². The van der Waals surface area contributed by atoms with Gasteiger partial charge >= 0.3 is 0 Å². The SMILES string of the molecule is CSC.CSSC.CSSSC. The molecule has 0 saturated heterocycles. The fourth-order valence-corrected chi connectivity index (χ4v) is 1.84. The molecule has 0 aliphatic carbocycles. The first-order valence-corrected chi connectivity index (χ1v) is 11.8. The van der Waals surface area contributed by atoms with Crippen LogP contribution < -0.4 is 0 Å².